The Balaban J connectivity index is 2.20. The fourth-order valence-corrected chi connectivity index (χ4v) is 2.22. The summed E-state index contributed by atoms with van der Waals surface area (Å²) in [5.41, 5.74) is 2.37. The lowest BCUT2D eigenvalue weighted by atomic mass is 10.0. The Morgan fingerprint density at radius 1 is 1.38 bits per heavy atom. The van der Waals surface area contributed by atoms with E-state index in [4.69, 9.17) is 4.74 Å². The van der Waals surface area contributed by atoms with Crippen molar-refractivity contribution in [2.45, 2.75) is 19.3 Å². The molecule has 0 spiro atoms. The molecule has 1 aromatic rings. The third-order valence-electron chi connectivity index (χ3n) is 3.04. The zero-order valence-electron chi connectivity index (χ0n) is 9.48. The zero-order chi connectivity index (χ0) is 11.4. The lowest BCUT2D eigenvalue weighted by molar-refractivity contribution is -0.143. The van der Waals surface area contributed by atoms with Crippen LogP contribution in [-0.4, -0.2) is 13.1 Å². The number of carbonyl (C=O) groups excluding carboxylic acids is 1. The van der Waals surface area contributed by atoms with Gasteiger partial charge in [-0.25, -0.2) is 0 Å². The molecule has 1 atom stereocenters. The first-order valence-electron chi connectivity index (χ1n) is 5.64. The first kappa shape index (κ1) is 10.9. The zero-order valence-corrected chi connectivity index (χ0v) is 9.48. The molecule has 2 rings (SSSR count). The lowest BCUT2D eigenvalue weighted by Gasteiger charge is -2.09. The third-order valence-corrected chi connectivity index (χ3v) is 3.04. The fraction of sp³-hybridized carbons (Fsp3) is 0.357. The van der Waals surface area contributed by atoms with Gasteiger partial charge in [0.1, 0.15) is 0 Å². The molecule has 0 bridgehead atoms. The molecule has 1 aliphatic carbocycles. The number of ether oxygens (including phenoxy) is 1. The van der Waals surface area contributed by atoms with Gasteiger partial charge in [0.05, 0.1) is 13.0 Å². The van der Waals surface area contributed by atoms with E-state index in [-0.39, 0.29) is 11.9 Å². The van der Waals surface area contributed by atoms with Crippen LogP contribution in [0, 0.1) is 5.92 Å². The van der Waals surface area contributed by atoms with Crippen molar-refractivity contribution < 1.29 is 9.53 Å². The normalized spacial score (nSPS) is 22.3. The van der Waals surface area contributed by atoms with Gasteiger partial charge in [-0.05, 0) is 24.8 Å². The van der Waals surface area contributed by atoms with Crippen LogP contribution in [-0.2, 0) is 9.53 Å². The summed E-state index contributed by atoms with van der Waals surface area (Å²) in [6, 6.07) is 10.1. The molecule has 0 heterocycles. The van der Waals surface area contributed by atoms with Gasteiger partial charge in [0.2, 0.25) is 0 Å². The molecule has 0 N–H and O–H groups in total. The summed E-state index contributed by atoms with van der Waals surface area (Å²) in [6.45, 7) is 0. The number of benzene rings is 1. The van der Waals surface area contributed by atoms with E-state index in [0.29, 0.717) is 0 Å². The molecule has 2 nitrogen and oxygen atoms in total. The third kappa shape index (κ3) is 2.32. The molecule has 0 aliphatic heterocycles. The highest BCUT2D eigenvalue weighted by molar-refractivity contribution is 5.78. The lowest BCUT2D eigenvalue weighted by Crippen LogP contribution is -2.14. The van der Waals surface area contributed by atoms with Gasteiger partial charge < -0.3 is 4.74 Å². The first-order chi connectivity index (χ1) is 7.81. The molecule has 1 saturated carbocycles. The minimum atomic E-state index is -0.0975. The van der Waals surface area contributed by atoms with Gasteiger partial charge in [-0.2, -0.15) is 0 Å². The van der Waals surface area contributed by atoms with Crippen molar-refractivity contribution in [1.82, 2.24) is 0 Å². The van der Waals surface area contributed by atoms with Crippen LogP contribution in [0.4, 0.5) is 0 Å². The van der Waals surface area contributed by atoms with Gasteiger partial charge in [0, 0.05) is 0 Å². The van der Waals surface area contributed by atoms with Crippen LogP contribution in [0.15, 0.2) is 35.9 Å². The molecule has 1 unspecified atom stereocenters. The van der Waals surface area contributed by atoms with E-state index in [1.165, 1.54) is 12.7 Å². The maximum Gasteiger partial charge on any atom is 0.312 e. The number of esters is 1. The topological polar surface area (TPSA) is 26.3 Å². The molecule has 16 heavy (non-hydrogen) atoms. The van der Waals surface area contributed by atoms with Crippen molar-refractivity contribution in [3.8, 4) is 0 Å². The van der Waals surface area contributed by atoms with Crippen LogP contribution in [0.1, 0.15) is 24.8 Å². The quantitative estimate of drug-likeness (QED) is 0.710. The fourth-order valence-electron chi connectivity index (χ4n) is 2.22. The molecule has 1 fully saturated rings. The second kappa shape index (κ2) is 4.97. The van der Waals surface area contributed by atoms with Gasteiger partial charge in [-0.3, -0.25) is 4.79 Å². The number of hydrogen-bond donors (Lipinski definition) is 0. The summed E-state index contributed by atoms with van der Waals surface area (Å²) in [5.74, 6) is -0.120. The standard InChI is InChI=1S/C14H16O2/c1-16-14(15)13-9-5-8-12(13)10-11-6-3-2-4-7-11/h2-4,6-7,10,13H,5,8-9H2,1H3/b12-10+. The van der Waals surface area contributed by atoms with Gasteiger partial charge in [-0.1, -0.05) is 42.0 Å². The molecule has 2 heteroatoms. The summed E-state index contributed by atoms with van der Waals surface area (Å²) in [4.78, 5) is 11.6. The first-order valence-corrected chi connectivity index (χ1v) is 5.64. The maximum absolute atomic E-state index is 11.6. The van der Waals surface area contributed by atoms with Crippen LogP contribution in [0.25, 0.3) is 6.08 Å². The second-order valence-corrected chi connectivity index (χ2v) is 4.10. The predicted molar refractivity (Wildman–Crippen MR) is 63.8 cm³/mol. The predicted octanol–water partition coefficient (Wildman–Crippen LogP) is 3.04. The van der Waals surface area contributed by atoms with E-state index in [1.54, 1.807) is 0 Å². The van der Waals surface area contributed by atoms with Gasteiger partial charge in [0.15, 0.2) is 0 Å². The summed E-state index contributed by atoms with van der Waals surface area (Å²) in [5, 5.41) is 0. The van der Waals surface area contributed by atoms with Gasteiger partial charge in [0.25, 0.3) is 0 Å². The van der Waals surface area contributed by atoms with Crippen molar-refractivity contribution in [2.75, 3.05) is 7.11 Å². The Morgan fingerprint density at radius 3 is 2.81 bits per heavy atom. The Hall–Kier alpha value is -1.57. The Kier molecular flexibility index (Phi) is 3.40. The summed E-state index contributed by atoms with van der Waals surface area (Å²) < 4.78 is 4.82. The van der Waals surface area contributed by atoms with Crippen molar-refractivity contribution in [2.24, 2.45) is 5.92 Å². The summed E-state index contributed by atoms with van der Waals surface area (Å²) in [6.07, 6.45) is 5.13. The smallest absolute Gasteiger partial charge is 0.312 e. The Labute approximate surface area is 95.9 Å². The average molecular weight is 216 g/mol. The van der Waals surface area contributed by atoms with Crippen LogP contribution in [0.3, 0.4) is 0 Å². The van der Waals surface area contributed by atoms with Crippen molar-refractivity contribution in [3.63, 3.8) is 0 Å². The number of methoxy groups -OCH3 is 1. The molecular formula is C14H16O2. The molecule has 1 aromatic carbocycles. The SMILES string of the molecule is COC(=O)C1CCC/C1=C\c1ccccc1. The highest BCUT2D eigenvalue weighted by atomic mass is 16.5. The molecule has 84 valence electrons. The monoisotopic (exact) mass is 216 g/mol. The minimum absolute atomic E-state index is 0.0230. The highest BCUT2D eigenvalue weighted by Crippen LogP contribution is 2.33. The Bertz CT molecular complexity index is 392. The van der Waals surface area contributed by atoms with E-state index in [1.807, 2.05) is 18.2 Å². The molecule has 0 amide bonds. The van der Waals surface area contributed by atoms with E-state index < -0.39 is 0 Å². The molecule has 1 aliphatic rings. The van der Waals surface area contributed by atoms with Crippen molar-refractivity contribution >= 4 is 12.0 Å². The molecule has 0 aromatic heterocycles. The minimum Gasteiger partial charge on any atom is -0.469 e. The van der Waals surface area contributed by atoms with E-state index in [2.05, 4.69) is 18.2 Å². The average Bonchev–Trinajstić information content (AvgIpc) is 2.77. The van der Waals surface area contributed by atoms with E-state index in [9.17, 15) is 4.79 Å². The molecule has 0 saturated heterocycles. The van der Waals surface area contributed by atoms with Crippen LogP contribution < -0.4 is 0 Å². The van der Waals surface area contributed by atoms with Crippen LogP contribution >= 0.6 is 0 Å². The van der Waals surface area contributed by atoms with Crippen LogP contribution in [0.5, 0.6) is 0 Å². The number of rotatable bonds is 2. The van der Waals surface area contributed by atoms with Gasteiger partial charge in [-0.15, -0.1) is 0 Å². The number of carbonyl (C=O) groups is 1. The largest absolute Gasteiger partial charge is 0.469 e. The van der Waals surface area contributed by atoms with E-state index >= 15 is 0 Å². The maximum atomic E-state index is 11.6. The van der Waals surface area contributed by atoms with Crippen LogP contribution in [0.2, 0.25) is 0 Å². The summed E-state index contributed by atoms with van der Waals surface area (Å²) in [7, 11) is 1.46. The molecule has 0 radical (unpaired) electrons. The van der Waals surface area contributed by atoms with Crippen molar-refractivity contribution in [1.29, 1.82) is 0 Å². The van der Waals surface area contributed by atoms with Gasteiger partial charge >= 0.3 is 5.97 Å². The second-order valence-electron chi connectivity index (χ2n) is 4.10. The Morgan fingerprint density at radius 2 is 2.12 bits per heavy atom. The highest BCUT2D eigenvalue weighted by Gasteiger charge is 2.28. The summed E-state index contributed by atoms with van der Waals surface area (Å²) >= 11 is 0. The molecular weight excluding hydrogens is 200 g/mol. The van der Waals surface area contributed by atoms with E-state index in [0.717, 1.165) is 24.8 Å². The number of hydrogen-bond acceptors (Lipinski definition) is 2. The van der Waals surface area contributed by atoms with Crippen molar-refractivity contribution in [3.05, 3.63) is 41.5 Å².